The molecule has 2 N–H and O–H groups in total. The summed E-state index contributed by atoms with van der Waals surface area (Å²) in [5, 5.41) is 11.9. The second kappa shape index (κ2) is 6.61. The number of hydrogen-bond acceptors (Lipinski definition) is 2. The number of nitrogens with zero attached hydrogens (tertiary/aromatic N) is 1. The largest absolute Gasteiger partial charge is 0.481 e. The quantitative estimate of drug-likeness (QED) is 0.898. The SMILES string of the molecule is Cc1ccc(NC(=O)N2CCCCC2CC(=O)O)c(C)c1. The van der Waals surface area contributed by atoms with E-state index in [1.54, 1.807) is 4.90 Å². The van der Waals surface area contributed by atoms with Crippen LogP contribution < -0.4 is 5.32 Å². The molecule has 1 unspecified atom stereocenters. The van der Waals surface area contributed by atoms with Crippen molar-refractivity contribution in [2.24, 2.45) is 0 Å². The van der Waals surface area contributed by atoms with Crippen molar-refractivity contribution in [3.05, 3.63) is 29.3 Å². The lowest BCUT2D eigenvalue weighted by molar-refractivity contribution is -0.138. The van der Waals surface area contributed by atoms with Crippen LogP contribution in [-0.4, -0.2) is 34.6 Å². The fraction of sp³-hybridized carbons (Fsp3) is 0.500. The van der Waals surface area contributed by atoms with E-state index in [0.29, 0.717) is 6.54 Å². The van der Waals surface area contributed by atoms with Crippen molar-refractivity contribution in [1.82, 2.24) is 4.90 Å². The van der Waals surface area contributed by atoms with Crippen molar-refractivity contribution in [3.8, 4) is 0 Å². The van der Waals surface area contributed by atoms with E-state index in [4.69, 9.17) is 5.11 Å². The van der Waals surface area contributed by atoms with Crippen molar-refractivity contribution in [2.45, 2.75) is 45.6 Å². The number of piperidine rings is 1. The number of aryl methyl sites for hydroxylation is 2. The van der Waals surface area contributed by atoms with Gasteiger partial charge in [0, 0.05) is 18.3 Å². The maximum absolute atomic E-state index is 12.4. The molecule has 5 heteroatoms. The lowest BCUT2D eigenvalue weighted by Crippen LogP contribution is -2.46. The highest BCUT2D eigenvalue weighted by molar-refractivity contribution is 5.90. The molecule has 0 aromatic heterocycles. The van der Waals surface area contributed by atoms with Crippen LogP contribution in [0.15, 0.2) is 18.2 Å². The van der Waals surface area contributed by atoms with Crippen LogP contribution in [0.5, 0.6) is 0 Å². The highest BCUT2D eigenvalue weighted by Crippen LogP contribution is 2.22. The van der Waals surface area contributed by atoms with Crippen LogP contribution in [-0.2, 0) is 4.79 Å². The number of aliphatic carboxylic acids is 1. The molecule has 1 aromatic rings. The van der Waals surface area contributed by atoms with E-state index in [1.165, 1.54) is 0 Å². The van der Waals surface area contributed by atoms with Crippen molar-refractivity contribution >= 4 is 17.7 Å². The molecule has 1 atom stereocenters. The molecule has 0 spiro atoms. The molecule has 5 nitrogen and oxygen atoms in total. The fourth-order valence-electron chi connectivity index (χ4n) is 2.82. The fourth-order valence-corrected chi connectivity index (χ4v) is 2.82. The molecule has 0 aliphatic carbocycles. The van der Waals surface area contributed by atoms with Crippen LogP contribution in [0.1, 0.15) is 36.8 Å². The van der Waals surface area contributed by atoms with E-state index >= 15 is 0 Å². The molecule has 2 rings (SSSR count). The second-order valence-corrected chi connectivity index (χ2v) is 5.69. The van der Waals surface area contributed by atoms with Crippen LogP contribution in [0, 0.1) is 13.8 Å². The third-order valence-electron chi connectivity index (χ3n) is 3.92. The Balaban J connectivity index is 2.08. The Hall–Kier alpha value is -2.04. The van der Waals surface area contributed by atoms with Crippen molar-refractivity contribution < 1.29 is 14.7 Å². The molecular formula is C16H22N2O3. The first-order valence-electron chi connectivity index (χ1n) is 7.34. The molecule has 0 radical (unpaired) electrons. The topological polar surface area (TPSA) is 69.6 Å². The predicted molar refractivity (Wildman–Crippen MR) is 81.5 cm³/mol. The zero-order chi connectivity index (χ0) is 15.4. The molecule has 1 fully saturated rings. The van der Waals surface area contributed by atoms with Crippen molar-refractivity contribution in [1.29, 1.82) is 0 Å². The number of rotatable bonds is 3. The van der Waals surface area contributed by atoms with Crippen LogP contribution >= 0.6 is 0 Å². The van der Waals surface area contributed by atoms with Gasteiger partial charge in [-0.2, -0.15) is 0 Å². The third-order valence-corrected chi connectivity index (χ3v) is 3.92. The highest BCUT2D eigenvalue weighted by Gasteiger charge is 2.28. The van der Waals surface area contributed by atoms with Crippen LogP contribution in [0.2, 0.25) is 0 Å². The Morgan fingerprint density at radius 2 is 2.10 bits per heavy atom. The van der Waals surface area contributed by atoms with Gasteiger partial charge in [0.25, 0.3) is 0 Å². The Bertz CT molecular complexity index is 542. The van der Waals surface area contributed by atoms with E-state index < -0.39 is 5.97 Å². The van der Waals surface area contributed by atoms with Gasteiger partial charge in [-0.25, -0.2) is 4.79 Å². The number of likely N-dealkylation sites (tertiary alicyclic amines) is 1. The number of hydrogen-bond donors (Lipinski definition) is 2. The summed E-state index contributed by atoms with van der Waals surface area (Å²) in [5.74, 6) is -0.855. The third kappa shape index (κ3) is 3.97. The average Bonchev–Trinajstić information content (AvgIpc) is 2.42. The first-order chi connectivity index (χ1) is 9.97. The molecule has 114 valence electrons. The number of carbonyl (C=O) groups excluding carboxylic acids is 1. The van der Waals surface area contributed by atoms with E-state index in [1.807, 2.05) is 32.0 Å². The van der Waals surface area contributed by atoms with Gasteiger partial charge in [-0.05, 0) is 44.7 Å². The molecular weight excluding hydrogens is 268 g/mol. The molecule has 1 heterocycles. The second-order valence-electron chi connectivity index (χ2n) is 5.69. The number of nitrogens with one attached hydrogen (secondary N) is 1. The lowest BCUT2D eigenvalue weighted by Gasteiger charge is -2.35. The smallest absolute Gasteiger partial charge is 0.322 e. The predicted octanol–water partition coefficient (Wildman–Crippen LogP) is 3.16. The summed E-state index contributed by atoms with van der Waals surface area (Å²) >= 11 is 0. The van der Waals surface area contributed by atoms with Crippen LogP contribution in [0.25, 0.3) is 0 Å². The molecule has 2 amide bonds. The minimum absolute atomic E-state index is 0.0142. The number of amides is 2. The Kier molecular flexibility index (Phi) is 4.83. The molecule has 1 aliphatic heterocycles. The molecule has 1 saturated heterocycles. The van der Waals surface area contributed by atoms with Gasteiger partial charge in [-0.15, -0.1) is 0 Å². The number of urea groups is 1. The van der Waals surface area contributed by atoms with Gasteiger partial charge in [-0.3, -0.25) is 4.79 Å². The van der Waals surface area contributed by atoms with Gasteiger partial charge in [0.15, 0.2) is 0 Å². The van der Waals surface area contributed by atoms with E-state index in [-0.39, 0.29) is 18.5 Å². The van der Waals surface area contributed by atoms with Gasteiger partial charge in [0.05, 0.1) is 6.42 Å². The maximum Gasteiger partial charge on any atom is 0.322 e. The molecule has 1 aliphatic rings. The summed E-state index contributed by atoms with van der Waals surface area (Å²) in [4.78, 5) is 25.0. The standard InChI is InChI=1S/C16H22N2O3/c1-11-6-7-14(12(2)9-11)17-16(21)18-8-4-3-5-13(18)10-15(19)20/h6-7,9,13H,3-5,8,10H2,1-2H3,(H,17,21)(H,19,20). The first kappa shape index (κ1) is 15.4. The minimum atomic E-state index is -0.855. The van der Waals surface area contributed by atoms with E-state index in [2.05, 4.69) is 5.32 Å². The summed E-state index contributed by atoms with van der Waals surface area (Å²) in [6.45, 7) is 4.58. The number of carboxylic acid groups (broad SMARTS) is 1. The van der Waals surface area contributed by atoms with Crippen LogP contribution in [0.4, 0.5) is 10.5 Å². The Morgan fingerprint density at radius 3 is 2.76 bits per heavy atom. The molecule has 21 heavy (non-hydrogen) atoms. The number of anilines is 1. The average molecular weight is 290 g/mol. The maximum atomic E-state index is 12.4. The molecule has 0 saturated carbocycles. The summed E-state index contributed by atoms with van der Waals surface area (Å²) in [7, 11) is 0. The Labute approximate surface area is 125 Å². The zero-order valence-electron chi connectivity index (χ0n) is 12.6. The summed E-state index contributed by atoms with van der Waals surface area (Å²) in [6, 6.07) is 5.45. The van der Waals surface area contributed by atoms with E-state index in [9.17, 15) is 9.59 Å². The van der Waals surface area contributed by atoms with Gasteiger partial charge in [-0.1, -0.05) is 17.7 Å². The monoisotopic (exact) mass is 290 g/mol. The summed E-state index contributed by atoms with van der Waals surface area (Å²) in [6.07, 6.45) is 2.68. The minimum Gasteiger partial charge on any atom is -0.481 e. The summed E-state index contributed by atoms with van der Waals surface area (Å²) < 4.78 is 0. The first-order valence-corrected chi connectivity index (χ1v) is 7.34. The Morgan fingerprint density at radius 1 is 1.33 bits per heavy atom. The van der Waals surface area contributed by atoms with Crippen molar-refractivity contribution in [2.75, 3.05) is 11.9 Å². The van der Waals surface area contributed by atoms with Gasteiger partial charge in [0.1, 0.15) is 0 Å². The number of carbonyl (C=O) groups is 2. The number of carboxylic acids is 1. The normalized spacial score (nSPS) is 18.4. The van der Waals surface area contributed by atoms with Gasteiger partial charge < -0.3 is 15.3 Å². The highest BCUT2D eigenvalue weighted by atomic mass is 16.4. The van der Waals surface area contributed by atoms with Crippen LogP contribution in [0.3, 0.4) is 0 Å². The van der Waals surface area contributed by atoms with Crippen molar-refractivity contribution in [3.63, 3.8) is 0 Å². The number of benzene rings is 1. The summed E-state index contributed by atoms with van der Waals surface area (Å²) in [5.41, 5.74) is 2.94. The van der Waals surface area contributed by atoms with Gasteiger partial charge in [0.2, 0.25) is 0 Å². The van der Waals surface area contributed by atoms with E-state index in [0.717, 1.165) is 36.1 Å². The zero-order valence-corrected chi connectivity index (χ0v) is 12.6. The lowest BCUT2D eigenvalue weighted by atomic mass is 10.00. The molecule has 1 aromatic carbocycles. The molecule has 0 bridgehead atoms. The van der Waals surface area contributed by atoms with Gasteiger partial charge >= 0.3 is 12.0 Å².